The highest BCUT2D eigenvalue weighted by molar-refractivity contribution is 7.11. The first-order valence-corrected chi connectivity index (χ1v) is 8.54. The van der Waals surface area contributed by atoms with E-state index in [0.717, 1.165) is 5.69 Å². The average molecular weight is 341 g/mol. The summed E-state index contributed by atoms with van der Waals surface area (Å²) in [6.45, 7) is 3.25. The second-order valence-corrected chi connectivity index (χ2v) is 6.71. The van der Waals surface area contributed by atoms with Crippen LogP contribution in [0.15, 0.2) is 48.8 Å². The number of thiophene rings is 1. The van der Waals surface area contributed by atoms with Gasteiger partial charge in [0.2, 0.25) is 0 Å². The Labute approximate surface area is 144 Å². The van der Waals surface area contributed by atoms with Crippen molar-refractivity contribution < 1.29 is 4.79 Å². The second-order valence-electron chi connectivity index (χ2n) is 5.34. The largest absolute Gasteiger partial charge is 0.337 e. The van der Waals surface area contributed by atoms with Gasteiger partial charge in [-0.15, -0.1) is 11.3 Å². The molecule has 0 bridgehead atoms. The molecular weight excluding hydrogens is 322 g/mol. The SMILES string of the molecule is Cc1ccc(Cn2nccc2NC(=O)NCCc2ccccn2)s1. The highest BCUT2D eigenvalue weighted by Gasteiger charge is 2.08. The Bertz CT molecular complexity index is 796. The minimum absolute atomic E-state index is 0.241. The highest BCUT2D eigenvalue weighted by Crippen LogP contribution is 2.18. The normalized spacial score (nSPS) is 10.5. The number of pyridine rings is 1. The second kappa shape index (κ2) is 7.74. The van der Waals surface area contributed by atoms with Gasteiger partial charge in [0, 0.05) is 40.7 Å². The Hall–Kier alpha value is -2.67. The standard InChI is InChI=1S/C17H19N5OS/c1-13-5-6-15(24-13)12-22-16(8-11-20-22)21-17(23)19-10-7-14-4-2-3-9-18-14/h2-6,8-9,11H,7,10,12H2,1H3,(H2,19,21,23). The number of aromatic nitrogens is 3. The number of carbonyl (C=O) groups is 1. The average Bonchev–Trinajstić information content (AvgIpc) is 3.18. The van der Waals surface area contributed by atoms with E-state index in [1.54, 1.807) is 34.5 Å². The zero-order chi connectivity index (χ0) is 16.8. The first-order chi connectivity index (χ1) is 11.7. The molecule has 6 nitrogen and oxygen atoms in total. The number of aryl methyl sites for hydroxylation is 1. The third kappa shape index (κ3) is 4.42. The molecule has 0 radical (unpaired) electrons. The summed E-state index contributed by atoms with van der Waals surface area (Å²) in [5.41, 5.74) is 0.955. The molecule has 24 heavy (non-hydrogen) atoms. The molecule has 2 N–H and O–H groups in total. The zero-order valence-corrected chi connectivity index (χ0v) is 14.2. The number of amides is 2. The number of nitrogens with one attached hydrogen (secondary N) is 2. The Morgan fingerprint density at radius 3 is 2.88 bits per heavy atom. The van der Waals surface area contributed by atoms with E-state index in [1.165, 1.54) is 9.75 Å². The summed E-state index contributed by atoms with van der Waals surface area (Å²) in [5, 5.41) is 9.95. The molecule has 0 fully saturated rings. The van der Waals surface area contributed by atoms with Crippen molar-refractivity contribution in [3.8, 4) is 0 Å². The van der Waals surface area contributed by atoms with Crippen LogP contribution in [0.1, 0.15) is 15.4 Å². The summed E-state index contributed by atoms with van der Waals surface area (Å²) in [7, 11) is 0. The molecule has 3 heterocycles. The highest BCUT2D eigenvalue weighted by atomic mass is 32.1. The summed E-state index contributed by atoms with van der Waals surface area (Å²) in [4.78, 5) is 18.7. The number of nitrogens with zero attached hydrogens (tertiary/aromatic N) is 3. The van der Waals surface area contributed by atoms with Crippen LogP contribution in [0.4, 0.5) is 10.6 Å². The first kappa shape index (κ1) is 16.2. The van der Waals surface area contributed by atoms with E-state index in [1.807, 2.05) is 18.2 Å². The molecule has 0 saturated heterocycles. The molecule has 0 aliphatic carbocycles. The Kier molecular flexibility index (Phi) is 5.22. The van der Waals surface area contributed by atoms with Crippen molar-refractivity contribution in [3.63, 3.8) is 0 Å². The fourth-order valence-corrected chi connectivity index (χ4v) is 3.17. The Balaban J connectivity index is 1.50. The van der Waals surface area contributed by atoms with Crippen LogP contribution in [0.25, 0.3) is 0 Å². The van der Waals surface area contributed by atoms with E-state index in [0.29, 0.717) is 25.3 Å². The maximum absolute atomic E-state index is 12.0. The van der Waals surface area contributed by atoms with Gasteiger partial charge in [-0.1, -0.05) is 6.07 Å². The summed E-state index contributed by atoms with van der Waals surface area (Å²) >= 11 is 1.73. The van der Waals surface area contributed by atoms with Gasteiger partial charge in [0.1, 0.15) is 5.82 Å². The van der Waals surface area contributed by atoms with Gasteiger partial charge >= 0.3 is 6.03 Å². The van der Waals surface area contributed by atoms with Crippen molar-refractivity contribution in [2.24, 2.45) is 0 Å². The van der Waals surface area contributed by atoms with Crippen LogP contribution >= 0.6 is 11.3 Å². The monoisotopic (exact) mass is 341 g/mol. The predicted molar refractivity (Wildman–Crippen MR) is 95.3 cm³/mol. The molecular formula is C17H19N5OS. The van der Waals surface area contributed by atoms with Crippen molar-refractivity contribution in [1.29, 1.82) is 0 Å². The molecule has 3 rings (SSSR count). The fourth-order valence-electron chi connectivity index (χ4n) is 2.29. The van der Waals surface area contributed by atoms with Crippen molar-refractivity contribution in [2.45, 2.75) is 19.9 Å². The number of hydrogen-bond donors (Lipinski definition) is 2. The number of urea groups is 1. The number of rotatable bonds is 6. The van der Waals surface area contributed by atoms with E-state index in [4.69, 9.17) is 0 Å². The van der Waals surface area contributed by atoms with Gasteiger partial charge < -0.3 is 5.32 Å². The van der Waals surface area contributed by atoms with Crippen LogP contribution < -0.4 is 10.6 Å². The van der Waals surface area contributed by atoms with Crippen LogP contribution in [0.2, 0.25) is 0 Å². The lowest BCUT2D eigenvalue weighted by atomic mass is 10.3. The van der Waals surface area contributed by atoms with Gasteiger partial charge in [0.05, 0.1) is 12.7 Å². The Morgan fingerprint density at radius 2 is 2.12 bits per heavy atom. The van der Waals surface area contributed by atoms with E-state index in [9.17, 15) is 4.79 Å². The van der Waals surface area contributed by atoms with Crippen LogP contribution in [-0.4, -0.2) is 27.3 Å². The molecule has 0 atom stereocenters. The first-order valence-electron chi connectivity index (χ1n) is 7.72. The molecule has 0 saturated carbocycles. The smallest absolute Gasteiger partial charge is 0.320 e. The lowest BCUT2D eigenvalue weighted by Gasteiger charge is -2.09. The topological polar surface area (TPSA) is 71.8 Å². The molecule has 0 unspecified atom stereocenters. The van der Waals surface area contributed by atoms with Crippen molar-refractivity contribution >= 4 is 23.2 Å². The molecule has 7 heteroatoms. The predicted octanol–water partition coefficient (Wildman–Crippen LogP) is 3.06. The van der Waals surface area contributed by atoms with Crippen molar-refractivity contribution in [1.82, 2.24) is 20.1 Å². The molecule has 0 aliphatic rings. The summed E-state index contributed by atoms with van der Waals surface area (Å²) in [5.74, 6) is 0.677. The summed E-state index contributed by atoms with van der Waals surface area (Å²) in [6.07, 6.45) is 4.13. The quantitative estimate of drug-likeness (QED) is 0.724. The van der Waals surface area contributed by atoms with E-state index >= 15 is 0 Å². The molecule has 0 aromatic carbocycles. The summed E-state index contributed by atoms with van der Waals surface area (Å²) in [6, 6.07) is 11.5. The minimum Gasteiger partial charge on any atom is -0.337 e. The number of carbonyl (C=O) groups excluding carboxylic acids is 1. The van der Waals surface area contributed by atoms with Crippen LogP contribution in [0.5, 0.6) is 0 Å². The molecule has 0 aliphatic heterocycles. The maximum atomic E-state index is 12.0. The molecule has 124 valence electrons. The van der Waals surface area contributed by atoms with E-state index in [2.05, 4.69) is 39.8 Å². The number of anilines is 1. The fraction of sp³-hybridized carbons (Fsp3) is 0.235. The van der Waals surface area contributed by atoms with Crippen LogP contribution in [0, 0.1) is 6.92 Å². The van der Waals surface area contributed by atoms with Gasteiger partial charge in [-0.25, -0.2) is 9.48 Å². The molecule has 2 amide bonds. The van der Waals surface area contributed by atoms with Gasteiger partial charge in [0.15, 0.2) is 0 Å². The third-order valence-electron chi connectivity index (χ3n) is 3.45. The van der Waals surface area contributed by atoms with Gasteiger partial charge in [-0.3, -0.25) is 10.3 Å². The van der Waals surface area contributed by atoms with Crippen LogP contribution in [-0.2, 0) is 13.0 Å². The lowest BCUT2D eigenvalue weighted by molar-refractivity contribution is 0.252. The van der Waals surface area contributed by atoms with E-state index < -0.39 is 0 Å². The van der Waals surface area contributed by atoms with Crippen molar-refractivity contribution in [2.75, 3.05) is 11.9 Å². The summed E-state index contributed by atoms with van der Waals surface area (Å²) < 4.78 is 1.78. The van der Waals surface area contributed by atoms with Gasteiger partial charge in [-0.2, -0.15) is 5.10 Å². The minimum atomic E-state index is -0.241. The van der Waals surface area contributed by atoms with Crippen LogP contribution in [0.3, 0.4) is 0 Å². The zero-order valence-electron chi connectivity index (χ0n) is 13.4. The lowest BCUT2D eigenvalue weighted by Crippen LogP contribution is -2.31. The molecule has 3 aromatic heterocycles. The number of hydrogen-bond acceptors (Lipinski definition) is 4. The van der Waals surface area contributed by atoms with E-state index in [-0.39, 0.29) is 6.03 Å². The van der Waals surface area contributed by atoms with Gasteiger partial charge in [0.25, 0.3) is 0 Å². The third-order valence-corrected chi connectivity index (χ3v) is 4.44. The van der Waals surface area contributed by atoms with Gasteiger partial charge in [-0.05, 0) is 31.2 Å². The molecule has 3 aromatic rings. The maximum Gasteiger partial charge on any atom is 0.320 e. The Morgan fingerprint density at radius 1 is 1.21 bits per heavy atom. The molecule has 0 spiro atoms. The van der Waals surface area contributed by atoms with Crippen molar-refractivity contribution in [3.05, 3.63) is 64.2 Å².